The second-order valence-electron chi connectivity index (χ2n) is 7.47. The lowest BCUT2D eigenvalue weighted by molar-refractivity contribution is 0.0114. The fourth-order valence-electron chi connectivity index (χ4n) is 4.18. The van der Waals surface area contributed by atoms with Gasteiger partial charge in [0.15, 0.2) is 11.5 Å². The average Bonchev–Trinajstić information content (AvgIpc) is 2.57. The maximum atomic E-state index is 14.2. The number of rotatable bonds is 4. The number of piperidine rings is 1. The van der Waals surface area contributed by atoms with Gasteiger partial charge in [-0.2, -0.15) is 0 Å². The summed E-state index contributed by atoms with van der Waals surface area (Å²) in [4.78, 5) is 2.44. The molecule has 2 fully saturated rings. The fourth-order valence-corrected chi connectivity index (χ4v) is 4.18. The first-order valence-electron chi connectivity index (χ1n) is 9.03. The quantitative estimate of drug-likeness (QED) is 0.918. The summed E-state index contributed by atoms with van der Waals surface area (Å²) in [5, 5.41) is 10.0. The average molecular weight is 335 g/mol. The van der Waals surface area contributed by atoms with E-state index in [0.717, 1.165) is 38.8 Å². The number of hydrogen-bond donors (Lipinski definition) is 1. The summed E-state index contributed by atoms with van der Waals surface area (Å²) in [6.45, 7) is 2.05. The SMILES string of the molecule is COc1cc2c(cc1OCC1(F)CCC1)CCN1CC[C@@H](O)C[C@H]21. The zero-order chi connectivity index (χ0) is 16.7. The molecular formula is C19H26FNO3. The van der Waals surface area contributed by atoms with Crippen LogP contribution in [0.3, 0.4) is 0 Å². The molecule has 1 aliphatic carbocycles. The first kappa shape index (κ1) is 16.2. The van der Waals surface area contributed by atoms with E-state index in [2.05, 4.69) is 4.90 Å². The van der Waals surface area contributed by atoms with Crippen molar-refractivity contribution in [2.45, 2.75) is 56.3 Å². The number of aliphatic hydroxyl groups excluding tert-OH is 1. The summed E-state index contributed by atoms with van der Waals surface area (Å²) in [6.07, 6.45) is 4.48. The van der Waals surface area contributed by atoms with E-state index >= 15 is 0 Å². The van der Waals surface area contributed by atoms with Crippen molar-refractivity contribution < 1.29 is 19.0 Å². The molecule has 0 bridgehead atoms. The van der Waals surface area contributed by atoms with Crippen molar-refractivity contribution in [3.05, 3.63) is 23.3 Å². The molecule has 3 aliphatic rings. The molecule has 1 aromatic carbocycles. The molecule has 0 aromatic heterocycles. The van der Waals surface area contributed by atoms with E-state index in [1.807, 2.05) is 12.1 Å². The minimum atomic E-state index is -1.16. The van der Waals surface area contributed by atoms with Gasteiger partial charge in [-0.25, -0.2) is 4.39 Å². The number of benzene rings is 1. The van der Waals surface area contributed by atoms with Crippen molar-refractivity contribution in [3.63, 3.8) is 0 Å². The maximum Gasteiger partial charge on any atom is 0.161 e. The van der Waals surface area contributed by atoms with E-state index in [-0.39, 0.29) is 18.8 Å². The van der Waals surface area contributed by atoms with Gasteiger partial charge in [-0.1, -0.05) is 0 Å². The van der Waals surface area contributed by atoms with Gasteiger partial charge >= 0.3 is 0 Å². The smallest absolute Gasteiger partial charge is 0.161 e. The molecule has 1 saturated heterocycles. The second-order valence-corrected chi connectivity index (χ2v) is 7.47. The summed E-state index contributed by atoms with van der Waals surface area (Å²) in [7, 11) is 1.62. The molecule has 1 aromatic rings. The molecule has 4 rings (SSSR count). The van der Waals surface area contributed by atoms with Gasteiger partial charge in [0.1, 0.15) is 12.3 Å². The maximum absolute atomic E-state index is 14.2. The predicted octanol–water partition coefficient (Wildman–Crippen LogP) is 3.02. The molecule has 0 amide bonds. The van der Waals surface area contributed by atoms with E-state index in [0.29, 0.717) is 24.3 Å². The van der Waals surface area contributed by atoms with Crippen LogP contribution in [0.5, 0.6) is 11.5 Å². The highest BCUT2D eigenvalue weighted by molar-refractivity contribution is 5.49. The minimum Gasteiger partial charge on any atom is -0.493 e. The first-order chi connectivity index (χ1) is 11.6. The summed E-state index contributed by atoms with van der Waals surface area (Å²) in [6, 6.07) is 4.30. The van der Waals surface area contributed by atoms with Crippen molar-refractivity contribution in [1.82, 2.24) is 4.90 Å². The molecule has 2 heterocycles. The highest BCUT2D eigenvalue weighted by atomic mass is 19.1. The predicted molar refractivity (Wildman–Crippen MR) is 89.4 cm³/mol. The van der Waals surface area contributed by atoms with Crippen LogP contribution >= 0.6 is 0 Å². The van der Waals surface area contributed by atoms with Crippen LogP contribution in [0.2, 0.25) is 0 Å². The van der Waals surface area contributed by atoms with E-state index in [4.69, 9.17) is 9.47 Å². The largest absolute Gasteiger partial charge is 0.493 e. The third-order valence-electron chi connectivity index (χ3n) is 5.87. The van der Waals surface area contributed by atoms with Gasteiger partial charge in [-0.05, 0) is 61.8 Å². The highest BCUT2D eigenvalue weighted by Gasteiger charge is 2.38. The molecule has 0 spiro atoms. The Morgan fingerprint density at radius 2 is 2.12 bits per heavy atom. The zero-order valence-electron chi connectivity index (χ0n) is 14.3. The Balaban J connectivity index is 1.59. The molecule has 1 N–H and O–H groups in total. The normalized spacial score (nSPS) is 28.5. The van der Waals surface area contributed by atoms with Crippen molar-refractivity contribution >= 4 is 0 Å². The zero-order valence-corrected chi connectivity index (χ0v) is 14.3. The van der Waals surface area contributed by atoms with E-state index < -0.39 is 5.67 Å². The first-order valence-corrected chi connectivity index (χ1v) is 9.03. The molecule has 0 radical (unpaired) electrons. The summed E-state index contributed by atoms with van der Waals surface area (Å²) >= 11 is 0. The van der Waals surface area contributed by atoms with Gasteiger partial charge < -0.3 is 14.6 Å². The minimum absolute atomic E-state index is 0.108. The Bertz CT molecular complexity index is 617. The lowest BCUT2D eigenvalue weighted by Crippen LogP contribution is -2.42. The van der Waals surface area contributed by atoms with Crippen molar-refractivity contribution in [2.24, 2.45) is 0 Å². The molecule has 1 saturated carbocycles. The summed E-state index contributed by atoms with van der Waals surface area (Å²) in [5.74, 6) is 1.31. The third-order valence-corrected chi connectivity index (χ3v) is 5.87. The number of methoxy groups -OCH3 is 1. The Morgan fingerprint density at radius 3 is 2.83 bits per heavy atom. The summed E-state index contributed by atoms with van der Waals surface area (Å²) < 4.78 is 25.5. The monoisotopic (exact) mass is 335 g/mol. The van der Waals surface area contributed by atoms with Crippen LogP contribution in [0.15, 0.2) is 12.1 Å². The van der Waals surface area contributed by atoms with Crippen molar-refractivity contribution in [3.8, 4) is 11.5 Å². The topological polar surface area (TPSA) is 41.9 Å². The molecular weight excluding hydrogens is 309 g/mol. The van der Waals surface area contributed by atoms with Gasteiger partial charge in [0.25, 0.3) is 0 Å². The molecule has 2 atom stereocenters. The second kappa shape index (κ2) is 6.19. The van der Waals surface area contributed by atoms with Crippen LogP contribution in [0, 0.1) is 0 Å². The number of aliphatic hydroxyl groups is 1. The molecule has 5 heteroatoms. The van der Waals surface area contributed by atoms with Crippen molar-refractivity contribution in [1.29, 1.82) is 0 Å². The number of nitrogens with zero attached hydrogens (tertiary/aromatic N) is 1. The van der Waals surface area contributed by atoms with Gasteiger partial charge in [-0.15, -0.1) is 0 Å². The van der Waals surface area contributed by atoms with Gasteiger partial charge in [0, 0.05) is 19.1 Å². The van der Waals surface area contributed by atoms with Crippen LogP contribution in [0.25, 0.3) is 0 Å². The lowest BCUT2D eigenvalue weighted by atomic mass is 9.83. The van der Waals surface area contributed by atoms with E-state index in [1.165, 1.54) is 11.1 Å². The van der Waals surface area contributed by atoms with Crippen LogP contribution in [0.1, 0.15) is 49.3 Å². The Morgan fingerprint density at radius 1 is 1.29 bits per heavy atom. The standard InChI is InChI=1S/C19H26FNO3/c1-23-17-11-15-13(3-7-21-8-4-14(22)10-16(15)21)9-18(17)24-12-19(20)5-2-6-19/h9,11,14,16,22H,2-8,10,12H2,1H3/t14-,16-/m1/s1. The number of ether oxygens (including phenoxy) is 2. The number of fused-ring (bicyclic) bond motifs is 3. The van der Waals surface area contributed by atoms with Gasteiger partial charge in [-0.3, -0.25) is 4.90 Å². The number of halogens is 1. The van der Waals surface area contributed by atoms with Crippen LogP contribution in [-0.2, 0) is 6.42 Å². The Kier molecular flexibility index (Phi) is 4.17. The molecule has 2 aliphatic heterocycles. The fraction of sp³-hybridized carbons (Fsp3) is 0.684. The number of hydrogen-bond acceptors (Lipinski definition) is 4. The van der Waals surface area contributed by atoms with Gasteiger partial charge in [0.2, 0.25) is 0 Å². The molecule has 4 nitrogen and oxygen atoms in total. The van der Waals surface area contributed by atoms with E-state index in [9.17, 15) is 9.50 Å². The van der Waals surface area contributed by atoms with Crippen LogP contribution in [-0.4, -0.2) is 48.6 Å². The Labute approximate surface area is 142 Å². The van der Waals surface area contributed by atoms with Crippen LogP contribution < -0.4 is 9.47 Å². The van der Waals surface area contributed by atoms with E-state index in [1.54, 1.807) is 7.11 Å². The molecule has 132 valence electrons. The third kappa shape index (κ3) is 2.88. The molecule has 0 unspecified atom stereocenters. The lowest BCUT2D eigenvalue weighted by Gasteiger charge is -2.42. The number of alkyl halides is 1. The van der Waals surface area contributed by atoms with Crippen LogP contribution in [0.4, 0.5) is 4.39 Å². The van der Waals surface area contributed by atoms with Gasteiger partial charge in [0.05, 0.1) is 13.2 Å². The molecule has 24 heavy (non-hydrogen) atoms. The highest BCUT2D eigenvalue weighted by Crippen LogP contribution is 2.43. The summed E-state index contributed by atoms with van der Waals surface area (Å²) in [5.41, 5.74) is 1.30. The van der Waals surface area contributed by atoms with Crippen molar-refractivity contribution in [2.75, 3.05) is 26.8 Å². The Hall–Kier alpha value is -1.33.